The molecule has 6 heteroatoms. The van der Waals surface area contributed by atoms with Gasteiger partial charge in [0.2, 0.25) is 0 Å². The molecule has 0 bridgehead atoms. The third-order valence-corrected chi connectivity index (χ3v) is 3.28. The van der Waals surface area contributed by atoms with Gasteiger partial charge < -0.3 is 5.32 Å². The molecule has 0 saturated heterocycles. The van der Waals surface area contributed by atoms with Crippen LogP contribution in [0.5, 0.6) is 0 Å². The Hall–Kier alpha value is -1.69. The number of pyridine rings is 1. The van der Waals surface area contributed by atoms with Crippen LogP contribution in [0.4, 0.5) is 0 Å². The van der Waals surface area contributed by atoms with Crippen molar-refractivity contribution < 1.29 is 4.79 Å². The van der Waals surface area contributed by atoms with E-state index in [1.165, 1.54) is 0 Å². The number of hydrogen-bond acceptors (Lipinski definition) is 3. The monoisotopic (exact) mass is 336 g/mol. The molecule has 0 radical (unpaired) electrons. The van der Waals surface area contributed by atoms with Gasteiger partial charge in [0.25, 0.3) is 5.91 Å². The van der Waals surface area contributed by atoms with Gasteiger partial charge >= 0.3 is 0 Å². The molecule has 1 N–H and O–H groups in total. The van der Waals surface area contributed by atoms with Crippen LogP contribution in [-0.4, -0.2) is 27.2 Å². The number of unbranched alkanes of at least 4 members (excludes halogenated alkanes) is 1. The Morgan fingerprint density at radius 3 is 2.85 bits per heavy atom. The summed E-state index contributed by atoms with van der Waals surface area (Å²) in [5.74, 6) is -0.0701. The number of aryl methyl sites for hydroxylation is 2. The summed E-state index contributed by atoms with van der Waals surface area (Å²) in [4.78, 5) is 15.9. The highest BCUT2D eigenvalue weighted by molar-refractivity contribution is 9.10. The second-order valence-electron chi connectivity index (χ2n) is 4.57. The SMILES string of the molecule is Cc1ccc(C(=O)NCCCCn2cc(Br)cn2)cn1. The summed E-state index contributed by atoms with van der Waals surface area (Å²) in [6.07, 6.45) is 7.21. The fraction of sp³-hybridized carbons (Fsp3) is 0.357. The average molecular weight is 337 g/mol. The Morgan fingerprint density at radius 2 is 2.20 bits per heavy atom. The molecule has 0 atom stereocenters. The van der Waals surface area contributed by atoms with Gasteiger partial charge in [-0.05, 0) is 47.8 Å². The molecule has 0 spiro atoms. The third kappa shape index (κ3) is 4.45. The smallest absolute Gasteiger partial charge is 0.252 e. The number of halogens is 1. The zero-order valence-electron chi connectivity index (χ0n) is 11.3. The minimum Gasteiger partial charge on any atom is -0.352 e. The van der Waals surface area contributed by atoms with Crippen molar-refractivity contribution in [2.75, 3.05) is 6.54 Å². The average Bonchev–Trinajstić information content (AvgIpc) is 2.84. The van der Waals surface area contributed by atoms with Gasteiger partial charge in [0.15, 0.2) is 0 Å². The standard InChI is InChI=1S/C14H17BrN4O/c1-11-4-5-12(8-17-11)14(20)16-6-2-3-7-19-10-13(15)9-18-19/h4-5,8-10H,2-3,6-7H2,1H3,(H,16,20). The molecule has 2 aromatic heterocycles. The largest absolute Gasteiger partial charge is 0.352 e. The lowest BCUT2D eigenvalue weighted by Gasteiger charge is -2.05. The van der Waals surface area contributed by atoms with Gasteiger partial charge in [0, 0.05) is 31.2 Å². The van der Waals surface area contributed by atoms with Gasteiger partial charge in [-0.25, -0.2) is 0 Å². The van der Waals surface area contributed by atoms with Gasteiger partial charge in [-0.1, -0.05) is 0 Å². The highest BCUT2D eigenvalue weighted by atomic mass is 79.9. The second kappa shape index (κ2) is 7.19. The van der Waals surface area contributed by atoms with Crippen LogP contribution in [0.3, 0.4) is 0 Å². The highest BCUT2D eigenvalue weighted by Gasteiger charge is 2.04. The van der Waals surface area contributed by atoms with E-state index in [1.54, 1.807) is 18.5 Å². The molecule has 0 aliphatic heterocycles. The lowest BCUT2D eigenvalue weighted by Crippen LogP contribution is -2.24. The van der Waals surface area contributed by atoms with Crippen LogP contribution < -0.4 is 5.32 Å². The predicted molar refractivity (Wildman–Crippen MR) is 80.5 cm³/mol. The first-order chi connectivity index (χ1) is 9.65. The molecule has 0 aliphatic rings. The van der Waals surface area contributed by atoms with Crippen molar-refractivity contribution in [3.05, 3.63) is 46.5 Å². The maximum atomic E-state index is 11.8. The quantitative estimate of drug-likeness (QED) is 0.824. The van der Waals surface area contributed by atoms with Crippen LogP contribution in [0.1, 0.15) is 28.9 Å². The molecule has 0 aliphatic carbocycles. The van der Waals surface area contributed by atoms with Crippen molar-refractivity contribution in [2.24, 2.45) is 0 Å². The second-order valence-corrected chi connectivity index (χ2v) is 5.49. The zero-order chi connectivity index (χ0) is 14.4. The van der Waals surface area contributed by atoms with Crippen molar-refractivity contribution in [1.29, 1.82) is 0 Å². The van der Waals surface area contributed by atoms with E-state index in [4.69, 9.17) is 0 Å². The molecule has 2 rings (SSSR count). The molecule has 2 aromatic rings. The van der Waals surface area contributed by atoms with Gasteiger partial charge in [-0.3, -0.25) is 14.5 Å². The van der Waals surface area contributed by atoms with E-state index in [9.17, 15) is 4.79 Å². The first-order valence-corrected chi connectivity index (χ1v) is 7.33. The fourth-order valence-corrected chi connectivity index (χ4v) is 2.09. The molecular weight excluding hydrogens is 320 g/mol. The van der Waals surface area contributed by atoms with Gasteiger partial charge in [0.1, 0.15) is 0 Å². The minimum absolute atomic E-state index is 0.0701. The number of hydrogen-bond donors (Lipinski definition) is 1. The maximum absolute atomic E-state index is 11.8. The number of nitrogens with one attached hydrogen (secondary N) is 1. The molecule has 106 valence electrons. The van der Waals surface area contributed by atoms with E-state index in [0.717, 1.165) is 29.6 Å². The van der Waals surface area contributed by atoms with E-state index >= 15 is 0 Å². The lowest BCUT2D eigenvalue weighted by molar-refractivity contribution is 0.0952. The summed E-state index contributed by atoms with van der Waals surface area (Å²) in [5, 5.41) is 7.07. The number of aromatic nitrogens is 3. The number of carbonyl (C=O) groups is 1. The number of carbonyl (C=O) groups excluding carboxylic acids is 1. The van der Waals surface area contributed by atoms with E-state index in [-0.39, 0.29) is 5.91 Å². The Bertz CT molecular complexity index is 565. The van der Waals surface area contributed by atoms with Crippen molar-refractivity contribution in [1.82, 2.24) is 20.1 Å². The third-order valence-electron chi connectivity index (χ3n) is 2.87. The van der Waals surface area contributed by atoms with Crippen LogP contribution in [0, 0.1) is 6.92 Å². The Balaban J connectivity index is 1.65. The van der Waals surface area contributed by atoms with Crippen LogP contribution >= 0.6 is 15.9 Å². The molecule has 5 nitrogen and oxygen atoms in total. The van der Waals surface area contributed by atoms with E-state index in [1.807, 2.05) is 23.9 Å². The Kier molecular flexibility index (Phi) is 5.29. The van der Waals surface area contributed by atoms with E-state index in [2.05, 4.69) is 31.3 Å². The topological polar surface area (TPSA) is 59.8 Å². The summed E-state index contributed by atoms with van der Waals surface area (Å²) < 4.78 is 2.87. The lowest BCUT2D eigenvalue weighted by atomic mass is 10.2. The predicted octanol–water partition coefficient (Wildman–Crippen LogP) is 2.56. The highest BCUT2D eigenvalue weighted by Crippen LogP contribution is 2.07. The number of rotatable bonds is 6. The summed E-state index contributed by atoms with van der Waals surface area (Å²) in [6, 6.07) is 3.63. The van der Waals surface area contributed by atoms with Gasteiger partial charge in [-0.2, -0.15) is 5.10 Å². The summed E-state index contributed by atoms with van der Waals surface area (Å²) in [5.41, 5.74) is 1.51. The number of amides is 1. The summed E-state index contributed by atoms with van der Waals surface area (Å²) >= 11 is 3.36. The van der Waals surface area contributed by atoms with Crippen LogP contribution in [0.25, 0.3) is 0 Å². The molecule has 0 saturated carbocycles. The molecule has 0 fully saturated rings. The number of nitrogens with zero attached hydrogens (tertiary/aromatic N) is 3. The van der Waals surface area contributed by atoms with Crippen molar-refractivity contribution >= 4 is 21.8 Å². The summed E-state index contributed by atoms with van der Waals surface area (Å²) in [7, 11) is 0. The first-order valence-electron chi connectivity index (χ1n) is 6.54. The van der Waals surface area contributed by atoms with Crippen molar-refractivity contribution in [2.45, 2.75) is 26.3 Å². The van der Waals surface area contributed by atoms with Crippen LogP contribution in [0.15, 0.2) is 35.2 Å². The fourth-order valence-electron chi connectivity index (χ4n) is 1.77. The molecular formula is C14H17BrN4O. The van der Waals surface area contributed by atoms with E-state index in [0.29, 0.717) is 12.1 Å². The van der Waals surface area contributed by atoms with Gasteiger partial charge in [0.05, 0.1) is 16.2 Å². The zero-order valence-corrected chi connectivity index (χ0v) is 12.9. The van der Waals surface area contributed by atoms with Crippen LogP contribution in [-0.2, 0) is 6.54 Å². The molecule has 0 unspecified atom stereocenters. The van der Waals surface area contributed by atoms with Gasteiger partial charge in [-0.15, -0.1) is 0 Å². The van der Waals surface area contributed by atoms with E-state index < -0.39 is 0 Å². The van der Waals surface area contributed by atoms with Crippen molar-refractivity contribution in [3.63, 3.8) is 0 Å². The summed E-state index contributed by atoms with van der Waals surface area (Å²) in [6.45, 7) is 3.41. The first kappa shape index (κ1) is 14.7. The Labute approximate surface area is 126 Å². The Morgan fingerprint density at radius 1 is 1.35 bits per heavy atom. The normalized spacial score (nSPS) is 10.5. The maximum Gasteiger partial charge on any atom is 0.252 e. The molecule has 2 heterocycles. The molecule has 0 aromatic carbocycles. The molecule has 20 heavy (non-hydrogen) atoms. The molecule has 1 amide bonds. The van der Waals surface area contributed by atoms with Crippen molar-refractivity contribution in [3.8, 4) is 0 Å². The minimum atomic E-state index is -0.0701. The van der Waals surface area contributed by atoms with Crippen LogP contribution in [0.2, 0.25) is 0 Å².